The number of carbonyl (C=O) groups is 1. The number of carbonyl (C=O) groups excluding carboxylic acids is 1. The molecule has 1 unspecified atom stereocenters. The molecule has 1 saturated heterocycles. The molecule has 1 fully saturated rings. The average Bonchev–Trinajstić information content (AvgIpc) is 2.99. The molecule has 1 atom stereocenters. The monoisotopic (exact) mass is 309 g/mol. The summed E-state index contributed by atoms with van der Waals surface area (Å²) < 4.78 is 0. The lowest BCUT2D eigenvalue weighted by Gasteiger charge is -2.31. The molecule has 1 aliphatic heterocycles. The fourth-order valence-electron chi connectivity index (χ4n) is 2.84. The van der Waals surface area contributed by atoms with Crippen LogP contribution < -0.4 is 11.1 Å². The molecule has 1 aliphatic rings. The van der Waals surface area contributed by atoms with Crippen molar-refractivity contribution in [2.45, 2.75) is 32.7 Å². The Balaban J connectivity index is 1.83. The van der Waals surface area contributed by atoms with Gasteiger partial charge in [-0.05, 0) is 55.8 Å². The normalized spacial score (nSPS) is 18.9. The lowest BCUT2D eigenvalue weighted by Crippen LogP contribution is -2.43. The molecule has 1 aromatic rings. The molecule has 5 heteroatoms. The number of hydrogen-bond acceptors (Lipinski definition) is 4. The number of rotatable bonds is 6. The van der Waals surface area contributed by atoms with E-state index in [1.807, 2.05) is 6.07 Å². The van der Waals surface area contributed by atoms with E-state index >= 15 is 0 Å². The minimum atomic E-state index is 0.124. The third kappa shape index (κ3) is 4.80. The Bertz CT molecular complexity index is 425. The van der Waals surface area contributed by atoms with Crippen LogP contribution in [0.1, 0.15) is 37.6 Å². The standard InChI is InChI=1S/C16H27N3OS/c1-12(2)16(14-4-3-9-21-14)18-15(20)11-19-7-5-13(10-17)6-8-19/h3-4,9,12-13,16H,5-8,10-11,17H2,1-2H3,(H,18,20). The first-order valence-corrected chi connectivity index (χ1v) is 8.73. The van der Waals surface area contributed by atoms with Gasteiger partial charge in [-0.2, -0.15) is 0 Å². The molecule has 1 aromatic heterocycles. The van der Waals surface area contributed by atoms with Crippen molar-refractivity contribution in [2.75, 3.05) is 26.2 Å². The van der Waals surface area contributed by atoms with Gasteiger partial charge in [-0.1, -0.05) is 19.9 Å². The molecule has 0 spiro atoms. The smallest absolute Gasteiger partial charge is 0.234 e. The van der Waals surface area contributed by atoms with Gasteiger partial charge >= 0.3 is 0 Å². The second kappa shape index (κ2) is 7.92. The molecule has 2 heterocycles. The number of hydrogen-bond donors (Lipinski definition) is 2. The fourth-order valence-corrected chi connectivity index (χ4v) is 3.79. The van der Waals surface area contributed by atoms with Gasteiger partial charge in [0.05, 0.1) is 12.6 Å². The van der Waals surface area contributed by atoms with Crippen molar-refractivity contribution in [3.63, 3.8) is 0 Å². The molecule has 0 bridgehead atoms. The molecular formula is C16H27N3OS. The summed E-state index contributed by atoms with van der Waals surface area (Å²) in [7, 11) is 0. The van der Waals surface area contributed by atoms with Crippen molar-refractivity contribution < 1.29 is 4.79 Å². The van der Waals surface area contributed by atoms with Crippen LogP contribution in [0.3, 0.4) is 0 Å². The molecule has 118 valence electrons. The van der Waals surface area contributed by atoms with Crippen LogP contribution in [0.5, 0.6) is 0 Å². The first-order valence-electron chi connectivity index (χ1n) is 7.85. The van der Waals surface area contributed by atoms with Crippen LogP contribution in [0, 0.1) is 11.8 Å². The maximum Gasteiger partial charge on any atom is 0.234 e. The van der Waals surface area contributed by atoms with E-state index < -0.39 is 0 Å². The number of nitrogens with zero attached hydrogens (tertiary/aromatic N) is 1. The Labute approximate surface area is 131 Å². The summed E-state index contributed by atoms with van der Waals surface area (Å²) in [6.45, 7) is 7.55. The molecule has 0 saturated carbocycles. The van der Waals surface area contributed by atoms with Gasteiger partial charge in [0.1, 0.15) is 0 Å². The van der Waals surface area contributed by atoms with Crippen LogP contribution >= 0.6 is 11.3 Å². The zero-order valence-corrected chi connectivity index (χ0v) is 13.9. The van der Waals surface area contributed by atoms with Gasteiger partial charge in [0.25, 0.3) is 0 Å². The highest BCUT2D eigenvalue weighted by molar-refractivity contribution is 7.10. The van der Waals surface area contributed by atoms with Crippen molar-refractivity contribution in [3.05, 3.63) is 22.4 Å². The minimum Gasteiger partial charge on any atom is -0.347 e. The highest BCUT2D eigenvalue weighted by Crippen LogP contribution is 2.25. The van der Waals surface area contributed by atoms with Gasteiger partial charge in [-0.15, -0.1) is 11.3 Å². The van der Waals surface area contributed by atoms with E-state index in [0.29, 0.717) is 18.4 Å². The molecule has 2 rings (SSSR count). The fraction of sp³-hybridized carbons (Fsp3) is 0.688. The number of likely N-dealkylation sites (tertiary alicyclic amines) is 1. The topological polar surface area (TPSA) is 58.4 Å². The first-order chi connectivity index (χ1) is 10.1. The van der Waals surface area contributed by atoms with Crippen molar-refractivity contribution in [3.8, 4) is 0 Å². The SMILES string of the molecule is CC(C)C(NC(=O)CN1CCC(CN)CC1)c1cccs1. The molecule has 1 amide bonds. The number of amides is 1. The number of nitrogens with one attached hydrogen (secondary N) is 1. The van der Waals surface area contributed by atoms with Gasteiger partial charge in [0.15, 0.2) is 0 Å². The van der Waals surface area contributed by atoms with Crippen molar-refractivity contribution in [2.24, 2.45) is 17.6 Å². The molecular weight excluding hydrogens is 282 g/mol. The first kappa shape index (κ1) is 16.5. The second-order valence-corrected chi connectivity index (χ2v) is 7.24. The van der Waals surface area contributed by atoms with Crippen LogP contribution in [0.4, 0.5) is 0 Å². The van der Waals surface area contributed by atoms with Gasteiger partial charge in [-0.25, -0.2) is 0 Å². The Morgan fingerprint density at radius 2 is 2.19 bits per heavy atom. The largest absolute Gasteiger partial charge is 0.347 e. The third-order valence-electron chi connectivity index (χ3n) is 4.24. The molecule has 0 aliphatic carbocycles. The van der Waals surface area contributed by atoms with Crippen LogP contribution in [0.2, 0.25) is 0 Å². The maximum absolute atomic E-state index is 12.3. The maximum atomic E-state index is 12.3. The second-order valence-electron chi connectivity index (χ2n) is 6.26. The average molecular weight is 309 g/mol. The Hall–Kier alpha value is -0.910. The summed E-state index contributed by atoms with van der Waals surface area (Å²) in [5.74, 6) is 1.17. The summed E-state index contributed by atoms with van der Waals surface area (Å²) >= 11 is 1.71. The summed E-state index contributed by atoms with van der Waals surface area (Å²) in [4.78, 5) is 15.8. The van der Waals surface area contributed by atoms with E-state index in [4.69, 9.17) is 5.73 Å². The van der Waals surface area contributed by atoms with E-state index in [-0.39, 0.29) is 11.9 Å². The highest BCUT2D eigenvalue weighted by Gasteiger charge is 2.23. The van der Waals surface area contributed by atoms with Crippen LogP contribution in [0.15, 0.2) is 17.5 Å². The molecule has 0 radical (unpaired) electrons. The quantitative estimate of drug-likeness (QED) is 0.847. The van der Waals surface area contributed by atoms with E-state index in [9.17, 15) is 4.79 Å². The molecule has 3 N–H and O–H groups in total. The molecule has 4 nitrogen and oxygen atoms in total. The molecule has 0 aromatic carbocycles. The molecule has 21 heavy (non-hydrogen) atoms. The Kier molecular flexibility index (Phi) is 6.21. The predicted molar refractivity (Wildman–Crippen MR) is 88.3 cm³/mol. The van der Waals surface area contributed by atoms with Gasteiger partial charge in [0.2, 0.25) is 5.91 Å². The lowest BCUT2D eigenvalue weighted by molar-refractivity contribution is -0.123. The number of thiophene rings is 1. The van der Waals surface area contributed by atoms with Crippen LogP contribution in [-0.2, 0) is 4.79 Å². The van der Waals surface area contributed by atoms with E-state index in [1.165, 1.54) is 4.88 Å². The third-order valence-corrected chi connectivity index (χ3v) is 5.20. The van der Waals surface area contributed by atoms with Crippen molar-refractivity contribution >= 4 is 17.2 Å². The summed E-state index contributed by atoms with van der Waals surface area (Å²) in [6, 6.07) is 4.26. The van der Waals surface area contributed by atoms with E-state index in [2.05, 4.69) is 35.5 Å². The predicted octanol–water partition coefficient (Wildman–Crippen LogP) is 2.23. The minimum absolute atomic E-state index is 0.124. The number of piperidine rings is 1. The van der Waals surface area contributed by atoms with Crippen molar-refractivity contribution in [1.82, 2.24) is 10.2 Å². The lowest BCUT2D eigenvalue weighted by atomic mass is 9.97. The zero-order chi connectivity index (χ0) is 15.2. The van der Waals surface area contributed by atoms with Gasteiger partial charge in [-0.3, -0.25) is 9.69 Å². The Morgan fingerprint density at radius 3 is 2.71 bits per heavy atom. The number of nitrogens with two attached hydrogens (primary N) is 1. The van der Waals surface area contributed by atoms with E-state index in [1.54, 1.807) is 11.3 Å². The Morgan fingerprint density at radius 1 is 1.48 bits per heavy atom. The van der Waals surface area contributed by atoms with Crippen LogP contribution in [0.25, 0.3) is 0 Å². The van der Waals surface area contributed by atoms with Gasteiger partial charge < -0.3 is 11.1 Å². The summed E-state index contributed by atoms with van der Waals surface area (Å²) in [5, 5.41) is 5.26. The summed E-state index contributed by atoms with van der Waals surface area (Å²) in [6.07, 6.45) is 2.23. The zero-order valence-electron chi connectivity index (χ0n) is 13.0. The van der Waals surface area contributed by atoms with Crippen LogP contribution in [-0.4, -0.2) is 37.0 Å². The van der Waals surface area contributed by atoms with Gasteiger partial charge in [0, 0.05) is 4.88 Å². The van der Waals surface area contributed by atoms with E-state index in [0.717, 1.165) is 32.5 Å². The van der Waals surface area contributed by atoms with Crippen molar-refractivity contribution in [1.29, 1.82) is 0 Å². The summed E-state index contributed by atoms with van der Waals surface area (Å²) in [5.41, 5.74) is 5.71. The highest BCUT2D eigenvalue weighted by atomic mass is 32.1.